The molecule has 2 fully saturated rings. The highest BCUT2D eigenvalue weighted by molar-refractivity contribution is 7.89. The average molecular weight is 281 g/mol. The minimum atomic E-state index is -3.17. The summed E-state index contributed by atoms with van der Waals surface area (Å²) in [7, 11) is -3.17. The maximum atomic E-state index is 12.7. The van der Waals surface area contributed by atoms with Gasteiger partial charge in [0.05, 0.1) is 23.2 Å². The zero-order chi connectivity index (χ0) is 13.3. The third-order valence-corrected chi connectivity index (χ3v) is 6.58. The Bertz CT molecular complexity index is 526. The fourth-order valence-corrected chi connectivity index (χ4v) is 5.46. The van der Waals surface area contributed by atoms with Gasteiger partial charge in [0.2, 0.25) is 10.0 Å². The maximum absolute atomic E-state index is 12.7. The summed E-state index contributed by atoms with van der Waals surface area (Å²) in [5, 5.41) is -0.176. The van der Waals surface area contributed by atoms with Crippen LogP contribution < -0.4 is 0 Å². The van der Waals surface area contributed by atoms with Crippen LogP contribution in [0.3, 0.4) is 0 Å². The fourth-order valence-electron chi connectivity index (χ4n) is 3.20. The van der Waals surface area contributed by atoms with Gasteiger partial charge in [0.15, 0.2) is 0 Å². The lowest BCUT2D eigenvalue weighted by Crippen LogP contribution is -2.37. The van der Waals surface area contributed by atoms with Crippen molar-refractivity contribution in [2.75, 3.05) is 6.54 Å². The van der Waals surface area contributed by atoms with E-state index in [1.54, 1.807) is 22.9 Å². The smallest absolute Gasteiger partial charge is 0.217 e. The molecule has 3 rings (SSSR count). The highest BCUT2D eigenvalue weighted by Crippen LogP contribution is 2.37. The number of hydrogen-bond donors (Lipinski definition) is 0. The van der Waals surface area contributed by atoms with Gasteiger partial charge in [-0.05, 0) is 25.7 Å². The van der Waals surface area contributed by atoms with E-state index in [1.165, 1.54) is 0 Å². The molecule has 0 unspecified atom stereocenters. The van der Waals surface area contributed by atoms with Crippen molar-refractivity contribution >= 4 is 10.0 Å². The molecule has 1 atom stereocenters. The first kappa shape index (κ1) is 13.0. The molecule has 1 saturated carbocycles. The molecule has 0 radical (unpaired) electrons. The summed E-state index contributed by atoms with van der Waals surface area (Å²) in [6.45, 7) is 0.625. The van der Waals surface area contributed by atoms with E-state index in [2.05, 4.69) is 9.97 Å². The molecule has 2 aliphatic rings. The van der Waals surface area contributed by atoms with Crippen molar-refractivity contribution in [1.29, 1.82) is 0 Å². The summed E-state index contributed by atoms with van der Waals surface area (Å²) in [5.74, 6) is 0. The Kier molecular flexibility index (Phi) is 3.54. The molecule has 19 heavy (non-hydrogen) atoms. The Labute approximate surface area is 114 Å². The van der Waals surface area contributed by atoms with E-state index < -0.39 is 10.0 Å². The van der Waals surface area contributed by atoms with Crippen LogP contribution >= 0.6 is 0 Å². The Balaban J connectivity index is 1.87. The second-order valence-electron chi connectivity index (χ2n) is 5.35. The fraction of sp³-hybridized carbons (Fsp3) is 0.692. The molecule has 0 amide bonds. The third-order valence-electron chi connectivity index (χ3n) is 4.18. The van der Waals surface area contributed by atoms with Crippen LogP contribution in [0.4, 0.5) is 0 Å². The van der Waals surface area contributed by atoms with Gasteiger partial charge < -0.3 is 0 Å². The van der Waals surface area contributed by atoms with Crippen molar-refractivity contribution in [3.63, 3.8) is 0 Å². The van der Waals surface area contributed by atoms with Crippen molar-refractivity contribution in [2.24, 2.45) is 0 Å². The van der Waals surface area contributed by atoms with Crippen LogP contribution in [0.5, 0.6) is 0 Å². The summed E-state index contributed by atoms with van der Waals surface area (Å²) >= 11 is 0. The molecular weight excluding hydrogens is 262 g/mol. The number of hydrogen-bond acceptors (Lipinski definition) is 4. The lowest BCUT2D eigenvalue weighted by Gasteiger charge is -2.26. The van der Waals surface area contributed by atoms with E-state index in [-0.39, 0.29) is 11.3 Å². The molecule has 6 heteroatoms. The first-order valence-electron chi connectivity index (χ1n) is 6.96. The predicted octanol–water partition coefficient (Wildman–Crippen LogP) is 1.89. The quantitative estimate of drug-likeness (QED) is 0.848. The summed E-state index contributed by atoms with van der Waals surface area (Å²) in [5.41, 5.74) is 0.779. The van der Waals surface area contributed by atoms with Crippen LogP contribution in [0.15, 0.2) is 18.6 Å². The molecule has 1 aromatic heterocycles. The van der Waals surface area contributed by atoms with Gasteiger partial charge in [-0.25, -0.2) is 8.42 Å². The van der Waals surface area contributed by atoms with Crippen molar-refractivity contribution in [3.05, 3.63) is 24.3 Å². The van der Waals surface area contributed by atoms with Crippen LogP contribution in [0.25, 0.3) is 0 Å². The molecular formula is C13H19N3O2S. The highest BCUT2D eigenvalue weighted by atomic mass is 32.2. The predicted molar refractivity (Wildman–Crippen MR) is 71.9 cm³/mol. The molecule has 0 spiro atoms. The number of nitrogens with zero attached hydrogens (tertiary/aromatic N) is 3. The van der Waals surface area contributed by atoms with Gasteiger partial charge in [-0.2, -0.15) is 4.31 Å². The van der Waals surface area contributed by atoms with E-state index in [0.717, 1.165) is 44.2 Å². The van der Waals surface area contributed by atoms with Crippen molar-refractivity contribution in [3.8, 4) is 0 Å². The van der Waals surface area contributed by atoms with Gasteiger partial charge in [0.1, 0.15) is 0 Å². The van der Waals surface area contributed by atoms with Crippen LogP contribution in [-0.2, 0) is 10.0 Å². The van der Waals surface area contributed by atoms with E-state index in [0.29, 0.717) is 6.54 Å². The Morgan fingerprint density at radius 2 is 1.89 bits per heavy atom. The number of aromatic nitrogens is 2. The number of sulfonamides is 1. The van der Waals surface area contributed by atoms with Crippen molar-refractivity contribution in [1.82, 2.24) is 14.3 Å². The lowest BCUT2D eigenvalue weighted by molar-refractivity contribution is 0.382. The largest absolute Gasteiger partial charge is 0.261 e. The highest BCUT2D eigenvalue weighted by Gasteiger charge is 2.41. The monoisotopic (exact) mass is 281 g/mol. The summed E-state index contributed by atoms with van der Waals surface area (Å²) in [4.78, 5) is 8.34. The van der Waals surface area contributed by atoms with Crippen LogP contribution in [0.2, 0.25) is 0 Å². The molecule has 1 aromatic rings. The molecule has 0 aromatic carbocycles. The molecule has 0 N–H and O–H groups in total. The summed E-state index contributed by atoms with van der Waals surface area (Å²) in [6, 6.07) is -0.112. The van der Waals surface area contributed by atoms with E-state index in [4.69, 9.17) is 0 Å². The molecule has 1 saturated heterocycles. The van der Waals surface area contributed by atoms with Gasteiger partial charge in [-0.15, -0.1) is 0 Å². The summed E-state index contributed by atoms with van der Waals surface area (Å²) < 4.78 is 27.1. The van der Waals surface area contributed by atoms with Gasteiger partial charge in [0, 0.05) is 18.9 Å². The standard InChI is InChI=1S/C13H19N3O2S/c17-19(18,11-4-1-2-5-11)16-9-3-6-13(16)12-10-14-7-8-15-12/h7-8,10-11,13H,1-6,9H2/t13-/m0/s1. The second kappa shape index (κ2) is 5.17. The maximum Gasteiger partial charge on any atom is 0.217 e. The molecule has 0 bridgehead atoms. The Hall–Kier alpha value is -1.01. The molecule has 104 valence electrons. The Morgan fingerprint density at radius 1 is 1.11 bits per heavy atom. The van der Waals surface area contributed by atoms with Gasteiger partial charge in [-0.3, -0.25) is 9.97 Å². The van der Waals surface area contributed by atoms with Gasteiger partial charge in [0.25, 0.3) is 0 Å². The zero-order valence-electron chi connectivity index (χ0n) is 10.9. The lowest BCUT2D eigenvalue weighted by atomic mass is 10.2. The summed E-state index contributed by atoms with van der Waals surface area (Å²) in [6.07, 6.45) is 10.4. The second-order valence-corrected chi connectivity index (χ2v) is 7.52. The first-order chi connectivity index (χ1) is 9.19. The average Bonchev–Trinajstić information content (AvgIpc) is 3.11. The topological polar surface area (TPSA) is 63.2 Å². The molecule has 1 aliphatic carbocycles. The van der Waals surface area contributed by atoms with Crippen LogP contribution in [0.1, 0.15) is 50.3 Å². The molecule has 5 nitrogen and oxygen atoms in total. The van der Waals surface area contributed by atoms with E-state index in [9.17, 15) is 8.42 Å². The van der Waals surface area contributed by atoms with E-state index in [1.807, 2.05) is 0 Å². The molecule has 2 heterocycles. The van der Waals surface area contributed by atoms with Gasteiger partial charge in [-0.1, -0.05) is 12.8 Å². The van der Waals surface area contributed by atoms with Crippen LogP contribution in [-0.4, -0.2) is 34.5 Å². The van der Waals surface area contributed by atoms with Crippen LogP contribution in [0, 0.1) is 0 Å². The minimum Gasteiger partial charge on any atom is -0.261 e. The SMILES string of the molecule is O=S(=O)(C1CCCC1)N1CCC[C@H]1c1cnccn1. The first-order valence-corrected chi connectivity index (χ1v) is 8.46. The zero-order valence-corrected chi connectivity index (χ0v) is 11.7. The Morgan fingerprint density at radius 3 is 2.58 bits per heavy atom. The van der Waals surface area contributed by atoms with E-state index >= 15 is 0 Å². The van der Waals surface area contributed by atoms with Crippen molar-refractivity contribution in [2.45, 2.75) is 49.8 Å². The normalized spacial score (nSPS) is 26.0. The molecule has 1 aliphatic heterocycles. The number of rotatable bonds is 3. The van der Waals surface area contributed by atoms with Gasteiger partial charge >= 0.3 is 0 Å². The third kappa shape index (κ3) is 2.39. The minimum absolute atomic E-state index is 0.112. The van der Waals surface area contributed by atoms with Crippen molar-refractivity contribution < 1.29 is 8.42 Å².